The van der Waals surface area contributed by atoms with Crippen LogP contribution in [0.4, 0.5) is 5.82 Å². The van der Waals surface area contributed by atoms with Crippen molar-refractivity contribution in [1.82, 2.24) is 15.0 Å². The van der Waals surface area contributed by atoms with E-state index in [1.54, 1.807) is 0 Å². The summed E-state index contributed by atoms with van der Waals surface area (Å²) in [6.07, 6.45) is 2.39. The molecule has 0 bridgehead atoms. The molecule has 2 heterocycles. The number of aromatic nitrogens is 3. The molecule has 0 aliphatic heterocycles. The molecule has 1 atom stereocenters. The van der Waals surface area contributed by atoms with Crippen LogP contribution in [0.25, 0.3) is 11.2 Å². The highest BCUT2D eigenvalue weighted by molar-refractivity contribution is 5.73. The second-order valence-electron chi connectivity index (χ2n) is 4.96. The summed E-state index contributed by atoms with van der Waals surface area (Å²) < 4.78 is 0. The molecule has 2 aromatic rings. The van der Waals surface area contributed by atoms with Gasteiger partial charge in [-0.05, 0) is 37.8 Å². The minimum Gasteiger partial charge on any atom is -0.373 e. The van der Waals surface area contributed by atoms with Crippen molar-refractivity contribution in [2.45, 2.75) is 25.3 Å². The van der Waals surface area contributed by atoms with Gasteiger partial charge in [-0.15, -0.1) is 0 Å². The highest BCUT2D eigenvalue weighted by Gasteiger charge is 2.41. The maximum absolute atomic E-state index is 6.34. The second kappa shape index (κ2) is 3.43. The van der Waals surface area contributed by atoms with Crippen molar-refractivity contribution in [2.24, 2.45) is 11.7 Å². The third-order valence-electron chi connectivity index (χ3n) is 3.54. The predicted molar refractivity (Wildman–Crippen MR) is 67.7 cm³/mol. The Morgan fingerprint density at radius 2 is 2.18 bits per heavy atom. The van der Waals surface area contributed by atoms with Crippen LogP contribution >= 0.6 is 0 Å². The third kappa shape index (κ3) is 1.67. The molecule has 0 radical (unpaired) electrons. The van der Waals surface area contributed by atoms with Crippen molar-refractivity contribution < 1.29 is 0 Å². The fourth-order valence-corrected chi connectivity index (χ4v) is 2.16. The zero-order valence-electron chi connectivity index (χ0n) is 10.1. The fraction of sp³-hybridized carbons (Fsp3) is 0.500. The van der Waals surface area contributed by atoms with Gasteiger partial charge in [0.15, 0.2) is 5.65 Å². The van der Waals surface area contributed by atoms with Gasteiger partial charge in [-0.3, -0.25) is 0 Å². The van der Waals surface area contributed by atoms with Crippen LogP contribution in [-0.2, 0) is 5.54 Å². The van der Waals surface area contributed by atoms with E-state index in [0.29, 0.717) is 5.92 Å². The van der Waals surface area contributed by atoms with Crippen LogP contribution in [0.5, 0.6) is 0 Å². The van der Waals surface area contributed by atoms with Crippen molar-refractivity contribution in [3.63, 3.8) is 0 Å². The van der Waals surface area contributed by atoms with Gasteiger partial charge < -0.3 is 16.0 Å². The first-order valence-corrected chi connectivity index (χ1v) is 5.95. The van der Waals surface area contributed by atoms with E-state index in [9.17, 15) is 0 Å². The number of imidazole rings is 1. The quantitative estimate of drug-likeness (QED) is 0.749. The van der Waals surface area contributed by atoms with Crippen LogP contribution in [-0.4, -0.2) is 22.0 Å². The van der Waals surface area contributed by atoms with E-state index in [4.69, 9.17) is 5.73 Å². The number of pyridine rings is 1. The maximum atomic E-state index is 6.34. The lowest BCUT2D eigenvalue weighted by Crippen LogP contribution is -2.36. The van der Waals surface area contributed by atoms with Crippen molar-refractivity contribution in [3.05, 3.63) is 18.0 Å². The molecule has 0 amide bonds. The number of anilines is 1. The Balaban J connectivity index is 2.06. The van der Waals surface area contributed by atoms with Crippen LogP contribution in [0.3, 0.4) is 0 Å². The Labute approximate surface area is 99.8 Å². The van der Waals surface area contributed by atoms with Gasteiger partial charge in [0.25, 0.3) is 0 Å². The minimum atomic E-state index is -0.361. The molecule has 1 unspecified atom stereocenters. The zero-order chi connectivity index (χ0) is 12.0. The molecular formula is C12H17N5. The lowest BCUT2D eigenvalue weighted by molar-refractivity contribution is 0.405. The minimum absolute atomic E-state index is 0.361. The van der Waals surface area contributed by atoms with E-state index in [-0.39, 0.29) is 5.54 Å². The van der Waals surface area contributed by atoms with E-state index < -0.39 is 0 Å². The Morgan fingerprint density at radius 3 is 2.82 bits per heavy atom. The maximum Gasteiger partial charge on any atom is 0.179 e. The molecule has 1 saturated carbocycles. The number of nitrogens with one attached hydrogen (secondary N) is 2. The third-order valence-corrected chi connectivity index (χ3v) is 3.54. The number of nitrogens with two attached hydrogens (primary N) is 1. The summed E-state index contributed by atoms with van der Waals surface area (Å²) >= 11 is 0. The van der Waals surface area contributed by atoms with Gasteiger partial charge in [0, 0.05) is 7.05 Å². The summed E-state index contributed by atoms with van der Waals surface area (Å²) in [6, 6.07) is 3.91. The first kappa shape index (κ1) is 10.5. The summed E-state index contributed by atoms with van der Waals surface area (Å²) in [7, 11) is 1.85. The first-order valence-electron chi connectivity index (χ1n) is 5.95. The number of H-pyrrole nitrogens is 1. The molecular weight excluding hydrogens is 214 g/mol. The number of rotatable bonds is 3. The average Bonchev–Trinajstić information content (AvgIpc) is 3.08. The Morgan fingerprint density at radius 1 is 1.41 bits per heavy atom. The summed E-state index contributed by atoms with van der Waals surface area (Å²) in [6.45, 7) is 2.04. The molecule has 1 fully saturated rings. The fourth-order valence-electron chi connectivity index (χ4n) is 2.16. The van der Waals surface area contributed by atoms with Gasteiger partial charge in [0.1, 0.15) is 11.6 Å². The monoisotopic (exact) mass is 231 g/mol. The number of fused-ring (bicyclic) bond motifs is 1. The molecule has 1 aliphatic carbocycles. The Hall–Kier alpha value is -1.62. The summed E-state index contributed by atoms with van der Waals surface area (Å²) in [5, 5.41) is 3.01. The summed E-state index contributed by atoms with van der Waals surface area (Å²) in [5.41, 5.74) is 7.65. The largest absolute Gasteiger partial charge is 0.373 e. The van der Waals surface area contributed by atoms with Crippen molar-refractivity contribution in [3.8, 4) is 0 Å². The van der Waals surface area contributed by atoms with Gasteiger partial charge in [0.2, 0.25) is 0 Å². The molecule has 4 N–H and O–H groups in total. The van der Waals surface area contributed by atoms with E-state index in [0.717, 1.165) is 22.8 Å². The van der Waals surface area contributed by atoms with E-state index in [2.05, 4.69) is 20.3 Å². The molecule has 0 aromatic carbocycles. The van der Waals surface area contributed by atoms with Gasteiger partial charge in [0.05, 0.1) is 11.1 Å². The normalized spacial score (nSPS) is 19.2. The molecule has 0 saturated heterocycles. The second-order valence-corrected chi connectivity index (χ2v) is 4.96. The highest BCUT2D eigenvalue weighted by Crippen LogP contribution is 2.43. The van der Waals surface area contributed by atoms with Crippen LogP contribution in [0, 0.1) is 5.92 Å². The SMILES string of the molecule is CNc1ccc2[nH]c(C(C)(N)C3CC3)nc2n1. The van der Waals surface area contributed by atoms with Gasteiger partial charge in [-0.1, -0.05) is 0 Å². The number of hydrogen-bond donors (Lipinski definition) is 3. The predicted octanol–water partition coefficient (Wildman–Crippen LogP) is 1.58. The molecule has 2 aromatic heterocycles. The van der Waals surface area contributed by atoms with Crippen molar-refractivity contribution in [1.29, 1.82) is 0 Å². The van der Waals surface area contributed by atoms with E-state index in [1.807, 2.05) is 26.1 Å². The van der Waals surface area contributed by atoms with Gasteiger partial charge >= 0.3 is 0 Å². The molecule has 5 nitrogen and oxygen atoms in total. The Bertz CT molecular complexity index is 553. The van der Waals surface area contributed by atoms with Crippen LogP contribution in [0.15, 0.2) is 12.1 Å². The first-order chi connectivity index (χ1) is 8.11. The van der Waals surface area contributed by atoms with Crippen LogP contribution in [0.2, 0.25) is 0 Å². The summed E-state index contributed by atoms with van der Waals surface area (Å²) in [4.78, 5) is 12.2. The van der Waals surface area contributed by atoms with Crippen LogP contribution in [0.1, 0.15) is 25.6 Å². The number of aromatic amines is 1. The topological polar surface area (TPSA) is 79.6 Å². The molecule has 5 heteroatoms. The van der Waals surface area contributed by atoms with E-state index in [1.165, 1.54) is 12.8 Å². The van der Waals surface area contributed by atoms with Gasteiger partial charge in [-0.2, -0.15) is 0 Å². The lowest BCUT2D eigenvalue weighted by Gasteiger charge is -2.21. The molecule has 17 heavy (non-hydrogen) atoms. The summed E-state index contributed by atoms with van der Waals surface area (Å²) in [5.74, 6) is 2.21. The average molecular weight is 231 g/mol. The Kier molecular flexibility index (Phi) is 2.13. The lowest BCUT2D eigenvalue weighted by atomic mass is 9.97. The van der Waals surface area contributed by atoms with Crippen LogP contribution < -0.4 is 11.1 Å². The molecule has 90 valence electrons. The van der Waals surface area contributed by atoms with E-state index >= 15 is 0 Å². The van der Waals surface area contributed by atoms with Crippen molar-refractivity contribution >= 4 is 17.0 Å². The van der Waals surface area contributed by atoms with Gasteiger partial charge in [-0.25, -0.2) is 9.97 Å². The zero-order valence-corrected chi connectivity index (χ0v) is 10.1. The molecule has 0 spiro atoms. The molecule has 1 aliphatic rings. The number of hydrogen-bond acceptors (Lipinski definition) is 4. The smallest absolute Gasteiger partial charge is 0.179 e. The number of nitrogens with zero attached hydrogens (tertiary/aromatic N) is 2. The van der Waals surface area contributed by atoms with Crippen molar-refractivity contribution in [2.75, 3.05) is 12.4 Å². The molecule has 3 rings (SSSR count). The standard InChI is InChI=1S/C12H17N5/c1-12(13,7-3-4-7)11-15-8-5-6-9(14-2)16-10(8)17-11/h5-7H,3-4,13H2,1-2H3,(H2,14,15,16,17). The highest BCUT2D eigenvalue weighted by atomic mass is 15.1.